The van der Waals surface area contributed by atoms with E-state index in [1.807, 2.05) is 29.2 Å². The third-order valence-electron chi connectivity index (χ3n) is 6.18. The summed E-state index contributed by atoms with van der Waals surface area (Å²) >= 11 is 5.47. The van der Waals surface area contributed by atoms with E-state index in [1.54, 1.807) is 0 Å². The molecule has 0 spiro atoms. The summed E-state index contributed by atoms with van der Waals surface area (Å²) < 4.78 is 7.41. The number of hydrogen-bond donors (Lipinski definition) is 2. The fourth-order valence-electron chi connectivity index (χ4n) is 4.35. The second-order valence-corrected chi connectivity index (χ2v) is 8.89. The first-order valence-corrected chi connectivity index (χ1v) is 11.8. The molecule has 0 radical (unpaired) electrons. The Labute approximate surface area is 193 Å². The van der Waals surface area contributed by atoms with E-state index in [9.17, 15) is 0 Å². The van der Waals surface area contributed by atoms with Crippen LogP contribution >= 0.6 is 12.2 Å². The van der Waals surface area contributed by atoms with Crippen molar-refractivity contribution in [3.8, 4) is 11.1 Å². The van der Waals surface area contributed by atoms with Crippen molar-refractivity contribution in [2.45, 2.75) is 38.3 Å². The largest absolute Gasteiger partial charge is 0.379 e. The van der Waals surface area contributed by atoms with E-state index in [2.05, 4.69) is 37.9 Å². The van der Waals surface area contributed by atoms with Gasteiger partial charge in [0.15, 0.2) is 5.11 Å². The van der Waals surface area contributed by atoms with Crippen molar-refractivity contribution < 1.29 is 4.74 Å². The predicted molar refractivity (Wildman–Crippen MR) is 130 cm³/mol. The van der Waals surface area contributed by atoms with Gasteiger partial charge in [0.05, 0.1) is 37.0 Å². The molecule has 2 fully saturated rings. The Hall–Kier alpha value is -2.62. The number of thiocarbonyl (C=S) groups is 1. The van der Waals surface area contributed by atoms with Crippen LogP contribution in [0.5, 0.6) is 0 Å². The van der Waals surface area contributed by atoms with E-state index < -0.39 is 0 Å². The molecule has 9 heteroatoms. The minimum atomic E-state index is 0.475. The average molecular weight is 452 g/mol. The lowest BCUT2D eigenvalue weighted by Crippen LogP contribution is -2.38. The molecule has 0 atom stereocenters. The van der Waals surface area contributed by atoms with E-state index in [0.717, 1.165) is 67.4 Å². The van der Waals surface area contributed by atoms with Gasteiger partial charge in [0, 0.05) is 49.2 Å². The molecule has 32 heavy (non-hydrogen) atoms. The minimum Gasteiger partial charge on any atom is -0.379 e. The third kappa shape index (κ3) is 5.23. The average Bonchev–Trinajstić information content (AvgIpc) is 3.50. The molecule has 0 bridgehead atoms. The minimum absolute atomic E-state index is 0.475. The van der Waals surface area contributed by atoms with E-state index in [4.69, 9.17) is 21.9 Å². The molecular formula is C23H29N7OS. The number of morpholine rings is 1. The Balaban J connectivity index is 1.25. The second kappa shape index (κ2) is 9.89. The van der Waals surface area contributed by atoms with E-state index >= 15 is 0 Å². The Bertz CT molecular complexity index is 1070. The zero-order valence-corrected chi connectivity index (χ0v) is 19.0. The highest BCUT2D eigenvalue weighted by atomic mass is 32.1. The van der Waals surface area contributed by atoms with Gasteiger partial charge in [-0.25, -0.2) is 4.98 Å². The number of rotatable bonds is 6. The van der Waals surface area contributed by atoms with Gasteiger partial charge in [0.25, 0.3) is 0 Å². The van der Waals surface area contributed by atoms with Crippen molar-refractivity contribution in [2.24, 2.45) is 0 Å². The molecule has 0 unspecified atom stereocenters. The normalized spacial score (nSPS) is 17.6. The summed E-state index contributed by atoms with van der Waals surface area (Å²) in [7, 11) is 0. The third-order valence-corrected chi connectivity index (χ3v) is 6.40. The molecule has 0 aromatic carbocycles. The zero-order valence-electron chi connectivity index (χ0n) is 18.2. The van der Waals surface area contributed by atoms with Gasteiger partial charge in [-0.2, -0.15) is 5.10 Å². The quantitative estimate of drug-likeness (QED) is 0.554. The Morgan fingerprint density at radius 3 is 2.75 bits per heavy atom. The second-order valence-electron chi connectivity index (χ2n) is 8.48. The van der Waals surface area contributed by atoms with Gasteiger partial charge in [-0.3, -0.25) is 14.6 Å². The fourth-order valence-corrected chi connectivity index (χ4v) is 4.62. The molecule has 1 aliphatic carbocycles. The Morgan fingerprint density at radius 1 is 1.06 bits per heavy atom. The van der Waals surface area contributed by atoms with Crippen molar-refractivity contribution in [2.75, 3.05) is 38.2 Å². The molecule has 8 nitrogen and oxygen atoms in total. The van der Waals surface area contributed by atoms with Gasteiger partial charge in [-0.1, -0.05) is 12.8 Å². The number of nitrogens with one attached hydrogen (secondary N) is 2. The summed E-state index contributed by atoms with van der Waals surface area (Å²) in [6.45, 7) is 5.45. The van der Waals surface area contributed by atoms with Crippen LogP contribution in [0.2, 0.25) is 0 Å². The molecule has 2 aliphatic rings. The summed E-state index contributed by atoms with van der Waals surface area (Å²) in [6, 6.07) is 6.42. The molecule has 1 saturated heterocycles. The topological polar surface area (TPSA) is 80.1 Å². The standard InChI is InChI=1S/C23H29N7OS/c32-23(26-19-3-1-2-4-19)28-22-6-5-20-21(27-22)13-17(14-24-20)18-15-25-30(16-18)8-7-29-9-11-31-12-10-29/h5-6,13-16,19H,1-4,7-12H2,(H2,26,27,28,32). The predicted octanol–water partition coefficient (Wildman–Crippen LogP) is 3.05. The van der Waals surface area contributed by atoms with Crippen molar-refractivity contribution in [3.05, 3.63) is 36.8 Å². The van der Waals surface area contributed by atoms with Crippen molar-refractivity contribution in [3.63, 3.8) is 0 Å². The lowest BCUT2D eigenvalue weighted by Gasteiger charge is -2.26. The number of nitrogens with zero attached hydrogens (tertiary/aromatic N) is 5. The molecule has 3 aromatic rings. The number of hydrogen-bond acceptors (Lipinski definition) is 6. The number of anilines is 1. The summed E-state index contributed by atoms with van der Waals surface area (Å²) in [5.41, 5.74) is 3.73. The number of pyridine rings is 2. The lowest BCUT2D eigenvalue weighted by atomic mass is 10.1. The number of fused-ring (bicyclic) bond motifs is 1. The van der Waals surface area contributed by atoms with Gasteiger partial charge in [-0.15, -0.1) is 0 Å². The summed E-state index contributed by atoms with van der Waals surface area (Å²) in [5.74, 6) is 0.730. The van der Waals surface area contributed by atoms with Crippen LogP contribution in [0.3, 0.4) is 0 Å². The van der Waals surface area contributed by atoms with Crippen LogP contribution in [0.25, 0.3) is 22.2 Å². The molecule has 168 valence electrons. The maximum Gasteiger partial charge on any atom is 0.172 e. The molecule has 1 saturated carbocycles. The first-order chi connectivity index (χ1) is 15.7. The molecule has 2 N–H and O–H groups in total. The molecule has 4 heterocycles. The highest BCUT2D eigenvalue weighted by molar-refractivity contribution is 7.80. The van der Waals surface area contributed by atoms with Crippen molar-refractivity contribution in [1.29, 1.82) is 0 Å². The van der Waals surface area contributed by atoms with Crippen LogP contribution < -0.4 is 10.6 Å². The first kappa shape index (κ1) is 21.2. The lowest BCUT2D eigenvalue weighted by molar-refractivity contribution is 0.0360. The van der Waals surface area contributed by atoms with Crippen molar-refractivity contribution in [1.82, 2.24) is 30.0 Å². The van der Waals surface area contributed by atoms with Gasteiger partial charge >= 0.3 is 0 Å². The maximum atomic E-state index is 5.47. The Kier molecular flexibility index (Phi) is 6.56. The van der Waals surface area contributed by atoms with Gasteiger partial charge in [0.2, 0.25) is 0 Å². The smallest absolute Gasteiger partial charge is 0.172 e. The van der Waals surface area contributed by atoms with Gasteiger partial charge < -0.3 is 15.4 Å². The van der Waals surface area contributed by atoms with Gasteiger partial charge in [0.1, 0.15) is 5.82 Å². The molecule has 3 aromatic heterocycles. The van der Waals surface area contributed by atoms with Crippen LogP contribution in [-0.2, 0) is 11.3 Å². The van der Waals surface area contributed by atoms with E-state index in [-0.39, 0.29) is 0 Å². The molecule has 0 amide bonds. The fraction of sp³-hybridized carbons (Fsp3) is 0.478. The van der Waals surface area contributed by atoms with Crippen LogP contribution in [0.15, 0.2) is 36.8 Å². The highest BCUT2D eigenvalue weighted by Gasteiger charge is 2.16. The SMILES string of the molecule is S=C(Nc1ccc2ncc(-c3cnn(CCN4CCOCC4)c3)cc2n1)NC1CCCC1. The van der Waals surface area contributed by atoms with Crippen molar-refractivity contribution >= 4 is 34.2 Å². The van der Waals surface area contributed by atoms with Crippen LogP contribution in [0.4, 0.5) is 5.82 Å². The van der Waals surface area contributed by atoms with E-state index in [0.29, 0.717) is 11.2 Å². The molecule has 1 aliphatic heterocycles. The Morgan fingerprint density at radius 2 is 1.91 bits per heavy atom. The summed E-state index contributed by atoms with van der Waals surface area (Å²) in [5, 5.41) is 11.8. The zero-order chi connectivity index (χ0) is 21.8. The summed E-state index contributed by atoms with van der Waals surface area (Å²) in [6.07, 6.45) is 10.8. The number of aromatic nitrogens is 4. The van der Waals surface area contributed by atoms with Gasteiger partial charge in [-0.05, 0) is 43.3 Å². The van der Waals surface area contributed by atoms with E-state index in [1.165, 1.54) is 25.7 Å². The highest BCUT2D eigenvalue weighted by Crippen LogP contribution is 2.23. The molecule has 5 rings (SSSR count). The first-order valence-electron chi connectivity index (χ1n) is 11.4. The van der Waals surface area contributed by atoms with Crippen LogP contribution in [-0.4, -0.2) is 68.7 Å². The van der Waals surface area contributed by atoms with Crippen LogP contribution in [0.1, 0.15) is 25.7 Å². The monoisotopic (exact) mass is 451 g/mol. The molecular weight excluding hydrogens is 422 g/mol. The number of ether oxygens (including phenoxy) is 1. The summed E-state index contributed by atoms with van der Waals surface area (Å²) in [4.78, 5) is 11.7. The maximum absolute atomic E-state index is 5.47. The van der Waals surface area contributed by atoms with Crippen LogP contribution in [0, 0.1) is 0 Å².